The van der Waals surface area contributed by atoms with E-state index in [2.05, 4.69) is 36.1 Å². The average Bonchev–Trinajstić information content (AvgIpc) is 2.43. The number of nitrogens with two attached hydrogens (primary N) is 1. The Labute approximate surface area is 120 Å². The molecule has 20 heavy (non-hydrogen) atoms. The molecule has 3 N–H and O–H groups in total. The lowest BCUT2D eigenvalue weighted by Gasteiger charge is -2.18. The van der Waals surface area contributed by atoms with Gasteiger partial charge in [0.15, 0.2) is 0 Å². The molecule has 0 amide bonds. The number of nitrogen functional groups attached to an aromatic ring is 1. The van der Waals surface area contributed by atoms with Crippen LogP contribution in [0.1, 0.15) is 23.6 Å². The van der Waals surface area contributed by atoms with Crippen molar-refractivity contribution < 1.29 is 5.11 Å². The van der Waals surface area contributed by atoms with E-state index in [1.54, 1.807) is 12.1 Å². The summed E-state index contributed by atoms with van der Waals surface area (Å²) in [5, 5.41) is 9.84. The summed E-state index contributed by atoms with van der Waals surface area (Å²) in [6.45, 7) is 3.67. The average molecular weight is 270 g/mol. The van der Waals surface area contributed by atoms with Gasteiger partial charge < -0.3 is 10.8 Å². The van der Waals surface area contributed by atoms with E-state index < -0.39 is 0 Å². The van der Waals surface area contributed by atoms with Crippen molar-refractivity contribution in [2.24, 2.45) is 0 Å². The number of rotatable bonds is 5. The zero-order chi connectivity index (χ0) is 14.5. The molecule has 0 saturated heterocycles. The first-order valence-corrected chi connectivity index (χ1v) is 6.92. The Bertz CT molecular complexity index is 564. The van der Waals surface area contributed by atoms with Crippen molar-refractivity contribution in [2.75, 3.05) is 12.8 Å². The van der Waals surface area contributed by atoms with Crippen molar-refractivity contribution in [3.63, 3.8) is 0 Å². The largest absolute Gasteiger partial charge is 0.508 e. The van der Waals surface area contributed by atoms with E-state index in [-0.39, 0.29) is 0 Å². The van der Waals surface area contributed by atoms with E-state index in [9.17, 15) is 5.11 Å². The Morgan fingerprint density at radius 1 is 1.00 bits per heavy atom. The maximum absolute atomic E-state index is 9.84. The molecule has 0 heterocycles. The molecular weight excluding hydrogens is 248 g/mol. The first-order chi connectivity index (χ1) is 9.58. The second-order valence-electron chi connectivity index (χ2n) is 5.23. The van der Waals surface area contributed by atoms with Crippen LogP contribution in [0.3, 0.4) is 0 Å². The van der Waals surface area contributed by atoms with Crippen molar-refractivity contribution >= 4 is 5.69 Å². The lowest BCUT2D eigenvalue weighted by molar-refractivity contribution is 0.312. The minimum atomic E-state index is 0.299. The van der Waals surface area contributed by atoms with Gasteiger partial charge in [-0.15, -0.1) is 0 Å². The van der Waals surface area contributed by atoms with E-state index in [1.165, 1.54) is 11.1 Å². The number of hydrogen-bond acceptors (Lipinski definition) is 3. The molecule has 2 aromatic rings. The minimum Gasteiger partial charge on any atom is -0.508 e. The van der Waals surface area contributed by atoms with E-state index in [0.717, 1.165) is 18.5 Å². The molecule has 0 aliphatic rings. The van der Waals surface area contributed by atoms with Crippen molar-refractivity contribution in [3.8, 4) is 5.75 Å². The fourth-order valence-electron chi connectivity index (χ4n) is 2.27. The van der Waals surface area contributed by atoms with Crippen molar-refractivity contribution in [3.05, 3.63) is 59.2 Å². The molecule has 0 fully saturated rings. The molecule has 0 bridgehead atoms. The molecule has 2 rings (SSSR count). The van der Waals surface area contributed by atoms with Crippen LogP contribution in [0.5, 0.6) is 5.75 Å². The smallest absolute Gasteiger partial charge is 0.120 e. The predicted molar refractivity (Wildman–Crippen MR) is 83.5 cm³/mol. The van der Waals surface area contributed by atoms with Gasteiger partial charge in [0.25, 0.3) is 0 Å². The van der Waals surface area contributed by atoms with E-state index in [0.29, 0.717) is 18.0 Å². The third-order valence-corrected chi connectivity index (χ3v) is 3.43. The van der Waals surface area contributed by atoms with Crippen LogP contribution in [0.2, 0.25) is 0 Å². The van der Waals surface area contributed by atoms with Gasteiger partial charge >= 0.3 is 0 Å². The second-order valence-corrected chi connectivity index (χ2v) is 5.23. The number of benzene rings is 2. The molecule has 3 heteroatoms. The summed E-state index contributed by atoms with van der Waals surface area (Å²) >= 11 is 0. The number of nitrogens with zero attached hydrogens (tertiary/aromatic N) is 1. The summed E-state index contributed by atoms with van der Waals surface area (Å²) in [7, 11) is 2.04. The van der Waals surface area contributed by atoms with Crippen LogP contribution < -0.4 is 5.73 Å². The molecule has 106 valence electrons. The molecule has 0 unspecified atom stereocenters. The van der Waals surface area contributed by atoms with Crippen molar-refractivity contribution in [1.82, 2.24) is 4.90 Å². The van der Waals surface area contributed by atoms with E-state index in [4.69, 9.17) is 5.73 Å². The molecule has 0 saturated carbocycles. The zero-order valence-corrected chi connectivity index (χ0v) is 12.1. The number of phenols is 1. The summed E-state index contributed by atoms with van der Waals surface area (Å²) < 4.78 is 0. The summed E-state index contributed by atoms with van der Waals surface area (Å²) in [4.78, 5) is 2.16. The lowest BCUT2D eigenvalue weighted by atomic mass is 10.1. The van der Waals surface area contributed by atoms with Gasteiger partial charge in [0.05, 0.1) is 0 Å². The maximum atomic E-state index is 9.84. The highest BCUT2D eigenvalue weighted by Crippen LogP contribution is 2.21. The number of hydrogen-bond donors (Lipinski definition) is 2. The Morgan fingerprint density at radius 3 is 2.30 bits per heavy atom. The Morgan fingerprint density at radius 2 is 1.65 bits per heavy atom. The van der Waals surface area contributed by atoms with Gasteiger partial charge in [0, 0.05) is 24.3 Å². The molecule has 0 aliphatic carbocycles. The SMILES string of the molecule is CCc1ccc(CN(C)Cc2cc(N)ccc2O)cc1. The summed E-state index contributed by atoms with van der Waals surface area (Å²) in [5.41, 5.74) is 9.92. The Hall–Kier alpha value is -2.00. The first-order valence-electron chi connectivity index (χ1n) is 6.92. The highest BCUT2D eigenvalue weighted by atomic mass is 16.3. The monoisotopic (exact) mass is 270 g/mol. The van der Waals surface area contributed by atoms with Gasteiger partial charge in [-0.25, -0.2) is 0 Å². The third-order valence-electron chi connectivity index (χ3n) is 3.43. The van der Waals surface area contributed by atoms with Gasteiger partial charge in [-0.05, 0) is 42.8 Å². The van der Waals surface area contributed by atoms with Crippen LogP contribution in [-0.4, -0.2) is 17.1 Å². The quantitative estimate of drug-likeness (QED) is 0.648. The third kappa shape index (κ3) is 3.75. The number of phenolic OH excluding ortho intramolecular Hbond substituents is 1. The highest BCUT2D eigenvalue weighted by molar-refractivity contribution is 5.47. The van der Waals surface area contributed by atoms with E-state index in [1.807, 2.05) is 13.1 Å². The normalized spacial score (nSPS) is 10.9. The maximum Gasteiger partial charge on any atom is 0.120 e. The Balaban J connectivity index is 2.00. The molecular formula is C17H22N2O. The van der Waals surface area contributed by atoms with Crippen molar-refractivity contribution in [2.45, 2.75) is 26.4 Å². The highest BCUT2D eigenvalue weighted by Gasteiger charge is 2.06. The van der Waals surface area contributed by atoms with Gasteiger partial charge in [-0.1, -0.05) is 31.2 Å². The fraction of sp³-hybridized carbons (Fsp3) is 0.294. The van der Waals surface area contributed by atoms with Crippen LogP contribution in [0, 0.1) is 0 Å². The molecule has 2 aromatic carbocycles. The number of aryl methyl sites for hydroxylation is 1. The van der Waals surface area contributed by atoms with Gasteiger partial charge in [0.2, 0.25) is 0 Å². The molecule has 0 atom stereocenters. The van der Waals surface area contributed by atoms with Gasteiger partial charge in [-0.2, -0.15) is 0 Å². The molecule has 0 spiro atoms. The zero-order valence-electron chi connectivity index (χ0n) is 12.1. The van der Waals surface area contributed by atoms with E-state index >= 15 is 0 Å². The van der Waals surface area contributed by atoms with Crippen LogP contribution in [-0.2, 0) is 19.5 Å². The molecule has 0 aromatic heterocycles. The Kier molecular flexibility index (Phi) is 4.64. The fourth-order valence-corrected chi connectivity index (χ4v) is 2.27. The standard InChI is InChI=1S/C17H22N2O/c1-3-13-4-6-14(7-5-13)11-19(2)12-15-10-16(18)8-9-17(15)20/h4-10,20H,3,11-12,18H2,1-2H3. The van der Waals surface area contributed by atoms with Crippen LogP contribution in [0.4, 0.5) is 5.69 Å². The van der Waals surface area contributed by atoms with Crippen LogP contribution in [0.25, 0.3) is 0 Å². The van der Waals surface area contributed by atoms with Gasteiger partial charge in [0.1, 0.15) is 5.75 Å². The van der Waals surface area contributed by atoms with Crippen molar-refractivity contribution in [1.29, 1.82) is 0 Å². The number of aromatic hydroxyl groups is 1. The molecule has 0 radical (unpaired) electrons. The topological polar surface area (TPSA) is 49.5 Å². The summed E-state index contributed by atoms with van der Waals surface area (Å²) in [5.74, 6) is 0.299. The van der Waals surface area contributed by atoms with Gasteiger partial charge in [-0.3, -0.25) is 4.90 Å². The summed E-state index contributed by atoms with van der Waals surface area (Å²) in [6.07, 6.45) is 1.06. The summed E-state index contributed by atoms with van der Waals surface area (Å²) in [6, 6.07) is 13.8. The van der Waals surface area contributed by atoms with Crippen LogP contribution in [0.15, 0.2) is 42.5 Å². The van der Waals surface area contributed by atoms with Crippen LogP contribution >= 0.6 is 0 Å². The number of anilines is 1. The molecule has 3 nitrogen and oxygen atoms in total. The first kappa shape index (κ1) is 14.4. The lowest BCUT2D eigenvalue weighted by Crippen LogP contribution is -2.17. The second kappa shape index (κ2) is 6.44. The predicted octanol–water partition coefficient (Wildman–Crippen LogP) is 3.17. The molecule has 0 aliphatic heterocycles. The minimum absolute atomic E-state index is 0.299.